The number of amides is 2. The van der Waals surface area contributed by atoms with E-state index in [1.807, 2.05) is 11.8 Å². The molecule has 1 aliphatic heterocycles. The summed E-state index contributed by atoms with van der Waals surface area (Å²) in [6.45, 7) is 2.34. The number of piperidine rings is 1. The van der Waals surface area contributed by atoms with Crippen LogP contribution in [0.2, 0.25) is 0 Å². The van der Waals surface area contributed by atoms with E-state index >= 15 is 0 Å². The van der Waals surface area contributed by atoms with E-state index in [-0.39, 0.29) is 40.8 Å². The molecule has 0 bridgehead atoms. The molecule has 0 radical (unpaired) electrons. The zero-order valence-corrected chi connectivity index (χ0v) is 20.1. The molecule has 188 valence electrons. The third-order valence-corrected chi connectivity index (χ3v) is 7.88. The molecule has 9 nitrogen and oxygen atoms in total. The Morgan fingerprint density at radius 2 is 1.97 bits per heavy atom. The van der Waals surface area contributed by atoms with Crippen molar-refractivity contribution < 1.29 is 23.8 Å². The van der Waals surface area contributed by atoms with E-state index in [0.29, 0.717) is 43.6 Å². The number of halogens is 1. The Balaban J connectivity index is 1.23. The number of hydrogen-bond acceptors (Lipinski definition) is 6. The van der Waals surface area contributed by atoms with Gasteiger partial charge < -0.3 is 20.1 Å². The average molecular weight is 486 g/mol. The highest BCUT2D eigenvalue weighted by molar-refractivity contribution is 5.94. The van der Waals surface area contributed by atoms with E-state index in [1.165, 1.54) is 13.2 Å². The molecule has 3 fully saturated rings. The maximum absolute atomic E-state index is 14.3. The second-order valence-electron chi connectivity index (χ2n) is 10.5. The Labute approximate surface area is 203 Å². The molecule has 1 spiro atoms. The number of likely N-dealkylation sites (tertiary alicyclic amines) is 1. The van der Waals surface area contributed by atoms with Crippen LogP contribution in [-0.2, 0) is 4.79 Å². The molecule has 1 atom stereocenters. The lowest BCUT2D eigenvalue weighted by atomic mass is 9.83. The van der Waals surface area contributed by atoms with E-state index in [1.54, 1.807) is 6.07 Å². The van der Waals surface area contributed by atoms with Crippen molar-refractivity contribution in [3.05, 3.63) is 29.8 Å². The number of carbonyl (C=O) groups is 2. The van der Waals surface area contributed by atoms with Crippen molar-refractivity contribution in [1.82, 2.24) is 25.4 Å². The largest absolute Gasteiger partial charge is 0.481 e. The first-order chi connectivity index (χ1) is 16.7. The first-order valence-electron chi connectivity index (χ1n) is 12.3. The van der Waals surface area contributed by atoms with Gasteiger partial charge in [0.05, 0.1) is 24.6 Å². The molecule has 2 aromatic heterocycles. The molecule has 3 heterocycles. The maximum Gasteiger partial charge on any atom is 0.272 e. The minimum Gasteiger partial charge on any atom is -0.481 e. The van der Waals surface area contributed by atoms with Crippen LogP contribution in [-0.4, -0.2) is 67.8 Å². The van der Waals surface area contributed by atoms with Gasteiger partial charge in [0.15, 0.2) is 5.82 Å². The van der Waals surface area contributed by atoms with Crippen molar-refractivity contribution in [2.24, 2.45) is 5.92 Å². The molecular weight excluding hydrogens is 453 g/mol. The van der Waals surface area contributed by atoms with Gasteiger partial charge in [-0.2, -0.15) is 5.10 Å². The molecule has 2 aromatic rings. The zero-order valence-electron chi connectivity index (χ0n) is 20.1. The quantitative estimate of drug-likeness (QED) is 0.599. The van der Waals surface area contributed by atoms with Gasteiger partial charge in [-0.1, -0.05) is 0 Å². The van der Waals surface area contributed by atoms with Gasteiger partial charge in [-0.3, -0.25) is 14.7 Å². The predicted octanol–water partition coefficient (Wildman–Crippen LogP) is 2.81. The van der Waals surface area contributed by atoms with Crippen molar-refractivity contribution >= 4 is 11.8 Å². The normalized spacial score (nSPS) is 27.5. The second-order valence-corrected chi connectivity index (χ2v) is 10.5. The highest BCUT2D eigenvalue weighted by Crippen LogP contribution is 2.50. The number of aromatic amines is 1. The summed E-state index contributed by atoms with van der Waals surface area (Å²) in [7, 11) is 1.45. The van der Waals surface area contributed by atoms with Crippen LogP contribution in [0.5, 0.6) is 5.88 Å². The summed E-state index contributed by atoms with van der Waals surface area (Å²) in [5, 5.41) is 20.2. The van der Waals surface area contributed by atoms with Crippen molar-refractivity contribution in [3.8, 4) is 17.1 Å². The van der Waals surface area contributed by atoms with Crippen molar-refractivity contribution in [1.29, 1.82) is 0 Å². The summed E-state index contributed by atoms with van der Waals surface area (Å²) in [5.74, 6) is -0.548. The molecule has 2 aliphatic carbocycles. The minimum absolute atomic E-state index is 0.0563. The third-order valence-electron chi connectivity index (χ3n) is 7.88. The Kier molecular flexibility index (Phi) is 6.03. The summed E-state index contributed by atoms with van der Waals surface area (Å²) in [4.78, 5) is 32.0. The summed E-state index contributed by atoms with van der Waals surface area (Å²) < 4.78 is 19.4. The number of nitrogens with zero attached hydrogens (tertiary/aromatic N) is 3. The third kappa shape index (κ3) is 4.76. The molecule has 2 amide bonds. The molecule has 10 heteroatoms. The van der Waals surface area contributed by atoms with Gasteiger partial charge in [-0.05, 0) is 64.4 Å². The number of aromatic nitrogens is 3. The van der Waals surface area contributed by atoms with Gasteiger partial charge in [0.25, 0.3) is 5.91 Å². The first kappa shape index (κ1) is 23.7. The van der Waals surface area contributed by atoms with Gasteiger partial charge in [0.1, 0.15) is 5.69 Å². The Morgan fingerprint density at radius 3 is 2.66 bits per heavy atom. The highest BCUT2D eigenvalue weighted by atomic mass is 19.1. The van der Waals surface area contributed by atoms with Gasteiger partial charge >= 0.3 is 0 Å². The molecule has 35 heavy (non-hydrogen) atoms. The smallest absolute Gasteiger partial charge is 0.272 e. The van der Waals surface area contributed by atoms with Crippen LogP contribution in [0.15, 0.2) is 18.3 Å². The Bertz CT molecular complexity index is 1120. The first-order valence-corrected chi connectivity index (χ1v) is 12.3. The number of methoxy groups -OCH3 is 1. The number of ether oxygens (including phenoxy) is 1. The number of nitrogens with one attached hydrogen (secondary N) is 2. The maximum atomic E-state index is 14.3. The van der Waals surface area contributed by atoms with Crippen LogP contribution in [0, 0.1) is 11.7 Å². The predicted molar refractivity (Wildman–Crippen MR) is 125 cm³/mol. The number of rotatable bonds is 5. The SMILES string of the molecule is COc1cc(-c2cc(C(=O)N3CC[C@H](C(=O)NC4CCC(C)(O)CC4)CC34CC4)[nH]n2)c(F)cn1. The van der Waals surface area contributed by atoms with Gasteiger partial charge in [-0.25, -0.2) is 9.37 Å². The van der Waals surface area contributed by atoms with E-state index in [2.05, 4.69) is 20.5 Å². The summed E-state index contributed by atoms with van der Waals surface area (Å²) in [6, 6.07) is 3.10. The van der Waals surface area contributed by atoms with E-state index in [0.717, 1.165) is 31.9 Å². The van der Waals surface area contributed by atoms with Crippen LogP contribution < -0.4 is 10.1 Å². The molecular formula is C25H32FN5O4. The van der Waals surface area contributed by atoms with E-state index in [4.69, 9.17) is 4.74 Å². The lowest BCUT2D eigenvalue weighted by Crippen LogP contribution is -2.52. The van der Waals surface area contributed by atoms with Crippen molar-refractivity contribution in [2.75, 3.05) is 13.7 Å². The minimum atomic E-state index is -0.632. The fourth-order valence-electron chi connectivity index (χ4n) is 5.50. The van der Waals surface area contributed by atoms with Crippen molar-refractivity contribution in [2.45, 2.75) is 75.5 Å². The van der Waals surface area contributed by atoms with E-state index in [9.17, 15) is 19.1 Å². The second kappa shape index (κ2) is 8.89. The van der Waals surface area contributed by atoms with Crippen LogP contribution >= 0.6 is 0 Å². The fourth-order valence-corrected chi connectivity index (χ4v) is 5.50. The van der Waals surface area contributed by atoms with Crippen molar-refractivity contribution in [3.63, 3.8) is 0 Å². The molecule has 1 saturated heterocycles. The van der Waals surface area contributed by atoms with Crippen LogP contribution in [0.3, 0.4) is 0 Å². The van der Waals surface area contributed by atoms with Crippen LogP contribution in [0.1, 0.15) is 68.8 Å². The molecule has 0 unspecified atom stereocenters. The van der Waals surface area contributed by atoms with Gasteiger partial charge in [-0.15, -0.1) is 0 Å². The summed E-state index contributed by atoms with van der Waals surface area (Å²) in [6.07, 6.45) is 7.00. The number of carbonyl (C=O) groups excluding carboxylic acids is 2. The topological polar surface area (TPSA) is 120 Å². The lowest BCUT2D eigenvalue weighted by molar-refractivity contribution is -0.128. The monoisotopic (exact) mass is 485 g/mol. The summed E-state index contributed by atoms with van der Waals surface area (Å²) >= 11 is 0. The Hall–Kier alpha value is -3.01. The van der Waals surface area contributed by atoms with Gasteiger partial charge in [0.2, 0.25) is 11.8 Å². The lowest BCUT2D eigenvalue weighted by Gasteiger charge is -2.40. The number of aliphatic hydroxyl groups is 1. The Morgan fingerprint density at radius 1 is 1.23 bits per heavy atom. The van der Waals surface area contributed by atoms with Gasteiger partial charge in [0, 0.05) is 35.7 Å². The average Bonchev–Trinajstić information content (AvgIpc) is 3.41. The summed E-state index contributed by atoms with van der Waals surface area (Å²) in [5.41, 5.74) is -0.139. The number of pyridine rings is 1. The van der Waals surface area contributed by atoms with E-state index < -0.39 is 11.4 Å². The standard InChI is InChI=1S/C25H32FN5O4/c1-24(34)6-3-16(4-7-24)28-22(32)15-5-10-31(25(13-15)8-9-25)23(33)20-12-19(29-30-20)17-11-21(35-2)27-14-18(17)26/h11-12,14-16,34H,3-10,13H2,1-2H3,(H,28,32)(H,29,30)/t15-,16?,24?/m0/s1. The molecule has 3 aliphatic rings. The highest BCUT2D eigenvalue weighted by Gasteiger charge is 2.54. The molecule has 0 aromatic carbocycles. The molecule has 2 saturated carbocycles. The van der Waals surface area contributed by atoms with Crippen LogP contribution in [0.25, 0.3) is 11.3 Å². The number of hydrogen-bond donors (Lipinski definition) is 3. The number of H-pyrrole nitrogens is 1. The molecule has 5 rings (SSSR count). The van der Waals surface area contributed by atoms with Crippen LogP contribution in [0.4, 0.5) is 4.39 Å². The fraction of sp³-hybridized carbons (Fsp3) is 0.600. The zero-order chi connectivity index (χ0) is 24.8. The molecule has 3 N–H and O–H groups in total.